The van der Waals surface area contributed by atoms with Crippen LogP contribution in [0.3, 0.4) is 0 Å². The third kappa shape index (κ3) is 3.37. The zero-order valence-electron chi connectivity index (χ0n) is 9.40. The molecule has 0 aliphatic heterocycles. The second kappa shape index (κ2) is 5.89. The van der Waals surface area contributed by atoms with Gasteiger partial charge in [-0.1, -0.05) is 11.8 Å². The van der Waals surface area contributed by atoms with E-state index in [1.807, 2.05) is 0 Å². The van der Waals surface area contributed by atoms with Crippen molar-refractivity contribution in [3.05, 3.63) is 29.6 Å². The van der Waals surface area contributed by atoms with E-state index in [1.54, 1.807) is 32.4 Å². The Balaban J connectivity index is 2.77. The third-order valence-corrected chi connectivity index (χ3v) is 1.86. The van der Waals surface area contributed by atoms with Gasteiger partial charge >= 0.3 is 0 Å². The molecule has 1 aromatic rings. The van der Waals surface area contributed by atoms with Crippen molar-refractivity contribution >= 4 is 5.91 Å². The molecule has 0 aliphatic carbocycles. The van der Waals surface area contributed by atoms with Gasteiger partial charge in [0.2, 0.25) is 0 Å². The minimum Gasteiger partial charge on any atom is -0.395 e. The Labute approximate surface area is 94.9 Å². The molecule has 1 N–H and O–H groups in total. The van der Waals surface area contributed by atoms with E-state index in [0.717, 1.165) is 5.56 Å². The molecule has 1 rings (SSSR count). The Bertz CT molecular complexity index is 413. The van der Waals surface area contributed by atoms with Crippen LogP contribution >= 0.6 is 0 Å². The summed E-state index contributed by atoms with van der Waals surface area (Å²) in [6, 6.07) is 3.39. The van der Waals surface area contributed by atoms with Gasteiger partial charge in [-0.2, -0.15) is 0 Å². The Kier molecular flexibility index (Phi) is 4.49. The zero-order chi connectivity index (χ0) is 12.0. The number of nitrogens with zero attached hydrogens (tertiary/aromatic N) is 2. The van der Waals surface area contributed by atoms with Gasteiger partial charge in [0.25, 0.3) is 5.91 Å². The summed E-state index contributed by atoms with van der Waals surface area (Å²) < 4.78 is 0. The first-order valence-electron chi connectivity index (χ1n) is 4.92. The van der Waals surface area contributed by atoms with Gasteiger partial charge in [0.1, 0.15) is 5.69 Å². The van der Waals surface area contributed by atoms with Gasteiger partial charge in [0.05, 0.1) is 6.61 Å². The van der Waals surface area contributed by atoms with E-state index in [-0.39, 0.29) is 12.5 Å². The molecule has 0 bridgehead atoms. The maximum absolute atomic E-state index is 11.5. The highest BCUT2D eigenvalue weighted by atomic mass is 16.2. The number of carbonyl (C=O) groups is 1. The second-order valence-electron chi connectivity index (χ2n) is 3.41. The van der Waals surface area contributed by atoms with Crippen LogP contribution in [0.15, 0.2) is 18.3 Å². The monoisotopic (exact) mass is 218 g/mol. The Morgan fingerprint density at radius 1 is 1.50 bits per heavy atom. The maximum Gasteiger partial charge on any atom is 0.271 e. The molecule has 0 saturated heterocycles. The highest BCUT2D eigenvalue weighted by Gasteiger charge is 2.07. The molecular formula is C12H14N2O2. The quantitative estimate of drug-likeness (QED) is 0.736. The molecule has 4 heteroatoms. The third-order valence-electron chi connectivity index (χ3n) is 1.86. The van der Waals surface area contributed by atoms with Crippen molar-refractivity contribution in [1.82, 2.24) is 9.88 Å². The molecule has 1 aromatic heterocycles. The van der Waals surface area contributed by atoms with Crippen molar-refractivity contribution in [2.24, 2.45) is 0 Å². The normalized spacial score (nSPS) is 9.19. The van der Waals surface area contributed by atoms with Crippen LogP contribution in [0.1, 0.15) is 22.5 Å². The van der Waals surface area contributed by atoms with Crippen molar-refractivity contribution in [2.75, 3.05) is 20.7 Å². The molecule has 1 heterocycles. The van der Waals surface area contributed by atoms with Gasteiger partial charge < -0.3 is 10.0 Å². The molecular weight excluding hydrogens is 204 g/mol. The minimum absolute atomic E-state index is 0.0532. The van der Waals surface area contributed by atoms with Crippen LogP contribution in [-0.2, 0) is 0 Å². The van der Waals surface area contributed by atoms with Crippen molar-refractivity contribution in [2.45, 2.75) is 6.42 Å². The van der Waals surface area contributed by atoms with Crippen LogP contribution < -0.4 is 0 Å². The average molecular weight is 218 g/mol. The largest absolute Gasteiger partial charge is 0.395 e. The van der Waals surface area contributed by atoms with E-state index < -0.39 is 0 Å². The number of aliphatic hydroxyl groups is 1. The van der Waals surface area contributed by atoms with E-state index in [2.05, 4.69) is 16.8 Å². The van der Waals surface area contributed by atoms with Gasteiger partial charge in [0.15, 0.2) is 0 Å². The van der Waals surface area contributed by atoms with E-state index in [4.69, 9.17) is 5.11 Å². The molecule has 0 aliphatic rings. The first kappa shape index (κ1) is 12.2. The summed E-state index contributed by atoms with van der Waals surface area (Å²) in [4.78, 5) is 17.0. The summed E-state index contributed by atoms with van der Waals surface area (Å²) in [6.45, 7) is 0.0532. The predicted octanol–water partition coefficient (Wildman–Crippen LogP) is 0.517. The van der Waals surface area contributed by atoms with E-state index in [1.165, 1.54) is 4.90 Å². The standard InChI is InChI=1S/C12H14N2O2/c1-14(2)12(16)11-7-6-10(9-13-11)5-3-4-8-15/h6-7,9,15H,4,8H2,1-2H3. The van der Waals surface area contributed by atoms with Crippen LogP contribution in [0.25, 0.3) is 0 Å². The smallest absolute Gasteiger partial charge is 0.271 e. The molecule has 84 valence electrons. The summed E-state index contributed by atoms with van der Waals surface area (Å²) in [5, 5.41) is 8.55. The Morgan fingerprint density at radius 2 is 2.25 bits per heavy atom. The second-order valence-corrected chi connectivity index (χ2v) is 3.41. The summed E-state index contributed by atoms with van der Waals surface area (Å²) in [7, 11) is 3.36. The zero-order valence-corrected chi connectivity index (χ0v) is 9.40. The summed E-state index contributed by atoms with van der Waals surface area (Å²) in [6.07, 6.45) is 2.00. The van der Waals surface area contributed by atoms with Gasteiger partial charge in [-0.15, -0.1) is 0 Å². The number of hydrogen-bond acceptors (Lipinski definition) is 3. The average Bonchev–Trinajstić information content (AvgIpc) is 2.29. The molecule has 0 saturated carbocycles. The first-order valence-corrected chi connectivity index (χ1v) is 4.92. The Morgan fingerprint density at radius 3 is 2.75 bits per heavy atom. The number of aromatic nitrogens is 1. The lowest BCUT2D eigenvalue weighted by Crippen LogP contribution is -2.22. The number of aliphatic hydroxyl groups excluding tert-OH is 1. The van der Waals surface area contributed by atoms with Gasteiger partial charge in [-0.25, -0.2) is 4.98 Å². The number of hydrogen-bond donors (Lipinski definition) is 1. The molecule has 0 spiro atoms. The predicted molar refractivity (Wildman–Crippen MR) is 60.8 cm³/mol. The molecule has 0 radical (unpaired) electrons. The van der Waals surface area contributed by atoms with Crippen molar-refractivity contribution in [1.29, 1.82) is 0 Å². The highest BCUT2D eigenvalue weighted by Crippen LogP contribution is 2.01. The highest BCUT2D eigenvalue weighted by molar-refractivity contribution is 5.91. The fraction of sp³-hybridized carbons (Fsp3) is 0.333. The molecule has 0 unspecified atom stereocenters. The van der Waals surface area contributed by atoms with Crippen molar-refractivity contribution < 1.29 is 9.90 Å². The topological polar surface area (TPSA) is 53.4 Å². The number of pyridine rings is 1. The summed E-state index contributed by atoms with van der Waals surface area (Å²) >= 11 is 0. The number of rotatable bonds is 2. The van der Waals surface area contributed by atoms with E-state index in [9.17, 15) is 4.79 Å². The van der Waals surface area contributed by atoms with Crippen LogP contribution in [0.4, 0.5) is 0 Å². The van der Waals surface area contributed by atoms with Crippen molar-refractivity contribution in [3.63, 3.8) is 0 Å². The fourth-order valence-corrected chi connectivity index (χ4v) is 1.04. The van der Waals surface area contributed by atoms with Gasteiger partial charge in [-0.3, -0.25) is 4.79 Å². The van der Waals surface area contributed by atoms with Crippen LogP contribution in [0.5, 0.6) is 0 Å². The summed E-state index contributed by atoms with van der Waals surface area (Å²) in [5.41, 5.74) is 1.14. The SMILES string of the molecule is CN(C)C(=O)c1ccc(C#CCCO)cn1. The molecule has 1 amide bonds. The molecule has 0 atom stereocenters. The van der Waals surface area contributed by atoms with Crippen LogP contribution in [-0.4, -0.2) is 41.6 Å². The van der Waals surface area contributed by atoms with Gasteiger partial charge in [0, 0.05) is 32.3 Å². The molecule has 0 aromatic carbocycles. The lowest BCUT2D eigenvalue weighted by Gasteiger charge is -2.08. The molecule has 16 heavy (non-hydrogen) atoms. The number of carbonyl (C=O) groups excluding carboxylic acids is 1. The Hall–Kier alpha value is -1.86. The summed E-state index contributed by atoms with van der Waals surface area (Å²) in [5.74, 6) is 5.50. The number of amides is 1. The lowest BCUT2D eigenvalue weighted by atomic mass is 10.2. The van der Waals surface area contributed by atoms with E-state index >= 15 is 0 Å². The lowest BCUT2D eigenvalue weighted by molar-refractivity contribution is 0.0822. The first-order chi connectivity index (χ1) is 7.65. The van der Waals surface area contributed by atoms with Gasteiger partial charge in [-0.05, 0) is 12.1 Å². The molecule has 4 nitrogen and oxygen atoms in total. The fourth-order valence-electron chi connectivity index (χ4n) is 1.04. The molecule has 0 fully saturated rings. The van der Waals surface area contributed by atoms with Crippen molar-refractivity contribution in [3.8, 4) is 11.8 Å². The maximum atomic E-state index is 11.5. The van der Waals surface area contributed by atoms with Crippen LogP contribution in [0, 0.1) is 11.8 Å². The minimum atomic E-state index is -0.130. The van der Waals surface area contributed by atoms with E-state index in [0.29, 0.717) is 12.1 Å². The van der Waals surface area contributed by atoms with Crippen LogP contribution in [0.2, 0.25) is 0 Å².